The van der Waals surface area contributed by atoms with Gasteiger partial charge in [-0.25, -0.2) is 0 Å². The Labute approximate surface area is 132 Å². The summed E-state index contributed by atoms with van der Waals surface area (Å²) in [5.41, 5.74) is 2.51. The maximum absolute atomic E-state index is 12.3. The second-order valence-electron chi connectivity index (χ2n) is 6.32. The fourth-order valence-corrected chi connectivity index (χ4v) is 2.93. The van der Waals surface area contributed by atoms with Gasteiger partial charge in [0.25, 0.3) is 0 Å². The van der Waals surface area contributed by atoms with E-state index in [9.17, 15) is 4.79 Å². The third kappa shape index (κ3) is 3.76. The SMILES string of the molecule is CC1CC1C(=O)NC(CCc1ccccc1)c1ccccc1. The highest BCUT2D eigenvalue weighted by atomic mass is 16.2. The molecule has 0 saturated heterocycles. The van der Waals surface area contributed by atoms with Gasteiger partial charge in [-0.2, -0.15) is 0 Å². The molecular formula is C20H23NO. The Morgan fingerprint density at radius 2 is 1.68 bits per heavy atom. The van der Waals surface area contributed by atoms with E-state index < -0.39 is 0 Å². The molecule has 0 spiro atoms. The van der Waals surface area contributed by atoms with Gasteiger partial charge in [0.05, 0.1) is 6.04 Å². The number of hydrogen-bond donors (Lipinski definition) is 1. The van der Waals surface area contributed by atoms with E-state index in [-0.39, 0.29) is 17.9 Å². The summed E-state index contributed by atoms with van der Waals surface area (Å²) >= 11 is 0. The van der Waals surface area contributed by atoms with Gasteiger partial charge in [0.15, 0.2) is 0 Å². The molecule has 0 aromatic heterocycles. The molecule has 1 N–H and O–H groups in total. The highest BCUT2D eigenvalue weighted by molar-refractivity contribution is 5.81. The van der Waals surface area contributed by atoms with Crippen molar-refractivity contribution < 1.29 is 4.79 Å². The first-order chi connectivity index (χ1) is 10.7. The van der Waals surface area contributed by atoms with Crippen molar-refractivity contribution in [2.45, 2.75) is 32.2 Å². The molecule has 3 atom stereocenters. The van der Waals surface area contributed by atoms with E-state index >= 15 is 0 Å². The summed E-state index contributed by atoms with van der Waals surface area (Å²) < 4.78 is 0. The van der Waals surface area contributed by atoms with Crippen LogP contribution < -0.4 is 5.32 Å². The van der Waals surface area contributed by atoms with Crippen LogP contribution in [0, 0.1) is 11.8 Å². The van der Waals surface area contributed by atoms with Crippen LogP contribution in [0.3, 0.4) is 0 Å². The summed E-state index contributed by atoms with van der Waals surface area (Å²) in [6.45, 7) is 2.14. The van der Waals surface area contributed by atoms with E-state index in [2.05, 4.69) is 48.6 Å². The van der Waals surface area contributed by atoms with Crippen LogP contribution in [0.5, 0.6) is 0 Å². The summed E-state index contributed by atoms with van der Waals surface area (Å²) in [5.74, 6) is 0.989. The standard InChI is InChI=1S/C20H23NO/c1-15-14-18(15)20(22)21-19(17-10-6-3-7-11-17)13-12-16-8-4-2-5-9-16/h2-11,15,18-19H,12-14H2,1H3,(H,21,22). The van der Waals surface area contributed by atoms with Gasteiger partial charge in [0, 0.05) is 5.92 Å². The summed E-state index contributed by atoms with van der Waals surface area (Å²) in [6, 6.07) is 20.9. The molecule has 0 radical (unpaired) electrons. The van der Waals surface area contributed by atoms with E-state index in [1.165, 1.54) is 11.1 Å². The van der Waals surface area contributed by atoms with Gasteiger partial charge < -0.3 is 5.32 Å². The van der Waals surface area contributed by atoms with Gasteiger partial charge in [-0.15, -0.1) is 0 Å². The fourth-order valence-electron chi connectivity index (χ4n) is 2.93. The van der Waals surface area contributed by atoms with Gasteiger partial charge in [-0.1, -0.05) is 67.6 Å². The van der Waals surface area contributed by atoms with Gasteiger partial charge in [0.1, 0.15) is 0 Å². The third-order valence-electron chi connectivity index (χ3n) is 4.53. The minimum Gasteiger partial charge on any atom is -0.349 e. The molecule has 2 heteroatoms. The first-order valence-corrected chi connectivity index (χ1v) is 8.13. The number of carbonyl (C=O) groups is 1. The van der Waals surface area contributed by atoms with Gasteiger partial charge in [-0.05, 0) is 36.3 Å². The number of rotatable bonds is 6. The molecule has 3 rings (SSSR count). The number of aryl methyl sites for hydroxylation is 1. The number of carbonyl (C=O) groups excluding carboxylic acids is 1. The van der Waals surface area contributed by atoms with E-state index in [1.807, 2.05) is 24.3 Å². The van der Waals surface area contributed by atoms with Crippen molar-refractivity contribution in [1.29, 1.82) is 0 Å². The first-order valence-electron chi connectivity index (χ1n) is 8.13. The molecule has 0 heterocycles. The van der Waals surface area contributed by atoms with Crippen LogP contribution in [-0.2, 0) is 11.2 Å². The monoisotopic (exact) mass is 293 g/mol. The Kier molecular flexibility index (Phi) is 4.57. The second kappa shape index (κ2) is 6.78. The number of hydrogen-bond acceptors (Lipinski definition) is 1. The smallest absolute Gasteiger partial charge is 0.223 e. The quantitative estimate of drug-likeness (QED) is 0.852. The molecule has 2 nitrogen and oxygen atoms in total. The zero-order valence-electron chi connectivity index (χ0n) is 13.0. The van der Waals surface area contributed by atoms with E-state index in [0.29, 0.717) is 5.92 Å². The normalized spacial score (nSPS) is 21.1. The van der Waals surface area contributed by atoms with Crippen LogP contribution >= 0.6 is 0 Å². The topological polar surface area (TPSA) is 29.1 Å². The molecule has 1 amide bonds. The number of amides is 1. The first kappa shape index (κ1) is 14.8. The molecular weight excluding hydrogens is 270 g/mol. The minimum absolute atomic E-state index is 0.0988. The van der Waals surface area contributed by atoms with Crippen molar-refractivity contribution in [1.82, 2.24) is 5.32 Å². The molecule has 1 fully saturated rings. The van der Waals surface area contributed by atoms with Crippen molar-refractivity contribution >= 4 is 5.91 Å². The van der Waals surface area contributed by atoms with Crippen LogP contribution in [0.1, 0.15) is 36.9 Å². The molecule has 22 heavy (non-hydrogen) atoms. The Hall–Kier alpha value is -2.09. The predicted octanol–water partition coefficient (Wildman–Crippen LogP) is 4.13. The molecule has 2 aromatic carbocycles. The van der Waals surface area contributed by atoms with E-state index in [1.54, 1.807) is 0 Å². The van der Waals surface area contributed by atoms with Crippen molar-refractivity contribution in [3.05, 3.63) is 71.8 Å². The maximum Gasteiger partial charge on any atom is 0.223 e. The van der Waals surface area contributed by atoms with Crippen LogP contribution in [0.25, 0.3) is 0 Å². The molecule has 1 aliphatic carbocycles. The van der Waals surface area contributed by atoms with Crippen molar-refractivity contribution in [3.8, 4) is 0 Å². The van der Waals surface area contributed by atoms with Crippen LogP contribution in [0.2, 0.25) is 0 Å². The zero-order valence-corrected chi connectivity index (χ0v) is 13.0. The molecule has 3 unspecified atom stereocenters. The minimum atomic E-state index is 0.0988. The van der Waals surface area contributed by atoms with E-state index in [4.69, 9.17) is 0 Å². The lowest BCUT2D eigenvalue weighted by Gasteiger charge is -2.19. The average Bonchev–Trinajstić information content (AvgIpc) is 3.30. The van der Waals surface area contributed by atoms with Crippen LogP contribution in [-0.4, -0.2) is 5.91 Å². The summed E-state index contributed by atoms with van der Waals surface area (Å²) in [5, 5.41) is 3.26. The summed E-state index contributed by atoms with van der Waals surface area (Å²) in [4.78, 5) is 12.3. The van der Waals surface area contributed by atoms with Crippen LogP contribution in [0.15, 0.2) is 60.7 Å². The maximum atomic E-state index is 12.3. The van der Waals surface area contributed by atoms with Gasteiger partial charge in [-0.3, -0.25) is 4.79 Å². The fraction of sp³-hybridized carbons (Fsp3) is 0.350. The Morgan fingerprint density at radius 1 is 1.09 bits per heavy atom. The van der Waals surface area contributed by atoms with E-state index in [0.717, 1.165) is 19.3 Å². The highest BCUT2D eigenvalue weighted by Crippen LogP contribution is 2.38. The van der Waals surface area contributed by atoms with Gasteiger partial charge in [0.2, 0.25) is 5.91 Å². The lowest BCUT2D eigenvalue weighted by molar-refractivity contribution is -0.123. The number of benzene rings is 2. The third-order valence-corrected chi connectivity index (χ3v) is 4.53. The number of nitrogens with one attached hydrogen (secondary N) is 1. The molecule has 1 aliphatic rings. The summed E-state index contributed by atoms with van der Waals surface area (Å²) in [7, 11) is 0. The Balaban J connectivity index is 1.67. The van der Waals surface area contributed by atoms with Crippen molar-refractivity contribution in [3.63, 3.8) is 0 Å². The molecule has 0 bridgehead atoms. The summed E-state index contributed by atoms with van der Waals surface area (Å²) in [6.07, 6.45) is 2.94. The lowest BCUT2D eigenvalue weighted by atomic mass is 9.98. The molecule has 114 valence electrons. The second-order valence-corrected chi connectivity index (χ2v) is 6.32. The average molecular weight is 293 g/mol. The Morgan fingerprint density at radius 3 is 2.27 bits per heavy atom. The molecule has 1 saturated carbocycles. The van der Waals surface area contributed by atoms with Crippen molar-refractivity contribution in [2.24, 2.45) is 11.8 Å². The van der Waals surface area contributed by atoms with Crippen molar-refractivity contribution in [2.75, 3.05) is 0 Å². The highest BCUT2D eigenvalue weighted by Gasteiger charge is 2.39. The Bertz CT molecular complexity index is 608. The van der Waals surface area contributed by atoms with Gasteiger partial charge >= 0.3 is 0 Å². The molecule has 0 aliphatic heterocycles. The predicted molar refractivity (Wildman–Crippen MR) is 89.4 cm³/mol. The molecule has 2 aromatic rings. The lowest BCUT2D eigenvalue weighted by Crippen LogP contribution is -2.30. The largest absolute Gasteiger partial charge is 0.349 e. The van der Waals surface area contributed by atoms with Crippen LogP contribution in [0.4, 0.5) is 0 Å². The zero-order chi connectivity index (χ0) is 15.4.